The van der Waals surface area contributed by atoms with E-state index in [-0.39, 0.29) is 0 Å². The van der Waals surface area contributed by atoms with Crippen LogP contribution in [-0.2, 0) is 0 Å². The average Bonchev–Trinajstić information content (AvgIpc) is 3.93. The zero-order valence-electron chi connectivity index (χ0n) is 30.8. The largest absolute Gasteiger partial charge is 0.307 e. The molecule has 0 radical (unpaired) electrons. The summed E-state index contributed by atoms with van der Waals surface area (Å²) in [6.07, 6.45) is 0. The fourth-order valence-corrected chi connectivity index (χ4v) is 9.00. The highest BCUT2D eigenvalue weighted by Crippen LogP contribution is 2.43. The van der Waals surface area contributed by atoms with Crippen molar-refractivity contribution in [2.45, 2.75) is 0 Å². The number of rotatable bonds is 5. The fraction of sp³-hybridized carbons (Fsp3) is 0. The molecule has 0 amide bonds. The quantitative estimate of drug-likeness (QED) is 0.177. The SMILES string of the molecule is c1ccc(-c2ccc3c(c2)c2c(-c4ccccc4)nc(-n4c5ccccc5c5ccc6c7ccccc7n(-c7ccccc7)c6c54)nc2n3-c2ccccc2)cc1. The van der Waals surface area contributed by atoms with Gasteiger partial charge in [-0.15, -0.1) is 0 Å². The minimum Gasteiger partial charge on any atom is -0.307 e. The molecular formula is C52H33N5. The number of benzene rings is 8. The van der Waals surface area contributed by atoms with E-state index in [1.807, 2.05) is 0 Å². The van der Waals surface area contributed by atoms with E-state index in [0.717, 1.165) is 83.0 Å². The standard InChI is InChI=1S/C52H33N5/c1-5-17-34(18-6-1)36-29-32-46-43(33-36)47-48(35-19-7-2-8-20-35)53-52(54-51(47)56(46)38-23-11-4-12-24-38)57-45-28-16-14-26-40(45)42-31-30-41-39-25-13-15-27-44(39)55(49(41)50(42)57)37-21-9-3-10-22-37/h1-33H. The Hall–Kier alpha value is -7.76. The highest BCUT2D eigenvalue weighted by molar-refractivity contribution is 6.24. The van der Waals surface area contributed by atoms with Crippen LogP contribution in [0.4, 0.5) is 0 Å². The van der Waals surface area contributed by atoms with Crippen LogP contribution in [0.5, 0.6) is 0 Å². The van der Waals surface area contributed by atoms with Gasteiger partial charge in [0.15, 0.2) is 5.65 Å². The lowest BCUT2D eigenvalue weighted by Gasteiger charge is -2.14. The molecule has 12 aromatic rings. The molecule has 0 aliphatic carbocycles. The Labute approximate surface area is 328 Å². The molecular weight excluding hydrogens is 695 g/mol. The first-order chi connectivity index (χ1) is 28.3. The van der Waals surface area contributed by atoms with Crippen LogP contribution in [-0.4, -0.2) is 23.7 Å². The highest BCUT2D eigenvalue weighted by atomic mass is 15.2. The molecule has 0 fully saturated rings. The number of nitrogens with zero attached hydrogens (tertiary/aromatic N) is 5. The molecule has 266 valence electrons. The molecule has 4 aromatic heterocycles. The molecule has 0 unspecified atom stereocenters. The molecule has 0 atom stereocenters. The Balaban J connectivity index is 1.28. The van der Waals surface area contributed by atoms with Crippen molar-refractivity contribution in [3.8, 4) is 39.7 Å². The van der Waals surface area contributed by atoms with Crippen LogP contribution in [0.15, 0.2) is 200 Å². The molecule has 8 aromatic carbocycles. The van der Waals surface area contributed by atoms with Crippen LogP contribution in [0.3, 0.4) is 0 Å². The Bertz CT molecular complexity index is 3490. The second-order valence-electron chi connectivity index (χ2n) is 14.6. The summed E-state index contributed by atoms with van der Waals surface area (Å²) in [5.74, 6) is 0.619. The van der Waals surface area contributed by atoms with E-state index in [9.17, 15) is 0 Å². The van der Waals surface area contributed by atoms with Crippen molar-refractivity contribution in [3.05, 3.63) is 200 Å². The molecule has 5 heteroatoms. The lowest BCUT2D eigenvalue weighted by molar-refractivity contribution is 0.994. The first-order valence-electron chi connectivity index (χ1n) is 19.4. The Morgan fingerprint density at radius 1 is 0.316 bits per heavy atom. The van der Waals surface area contributed by atoms with Crippen LogP contribution < -0.4 is 0 Å². The minimum atomic E-state index is 0.619. The molecule has 0 spiro atoms. The zero-order valence-corrected chi connectivity index (χ0v) is 30.8. The first-order valence-corrected chi connectivity index (χ1v) is 19.4. The molecule has 4 heterocycles. The van der Waals surface area contributed by atoms with E-state index in [4.69, 9.17) is 9.97 Å². The maximum absolute atomic E-state index is 5.69. The van der Waals surface area contributed by atoms with Gasteiger partial charge >= 0.3 is 0 Å². The summed E-state index contributed by atoms with van der Waals surface area (Å²) in [4.78, 5) is 11.4. The second-order valence-corrected chi connectivity index (χ2v) is 14.6. The Kier molecular flexibility index (Phi) is 6.86. The third-order valence-corrected chi connectivity index (χ3v) is 11.4. The van der Waals surface area contributed by atoms with Gasteiger partial charge in [-0.05, 0) is 59.7 Å². The third-order valence-electron chi connectivity index (χ3n) is 11.4. The van der Waals surface area contributed by atoms with Gasteiger partial charge in [-0.25, -0.2) is 4.98 Å². The van der Waals surface area contributed by atoms with E-state index in [2.05, 4.69) is 214 Å². The Morgan fingerprint density at radius 3 is 1.44 bits per heavy atom. The van der Waals surface area contributed by atoms with Gasteiger partial charge in [-0.1, -0.05) is 152 Å². The predicted molar refractivity (Wildman–Crippen MR) is 236 cm³/mol. The maximum Gasteiger partial charge on any atom is 0.237 e. The van der Waals surface area contributed by atoms with Gasteiger partial charge in [-0.3, -0.25) is 9.13 Å². The fourth-order valence-electron chi connectivity index (χ4n) is 9.00. The number of fused-ring (bicyclic) bond motifs is 10. The number of hydrogen-bond donors (Lipinski definition) is 0. The molecule has 0 saturated heterocycles. The van der Waals surface area contributed by atoms with Gasteiger partial charge in [0.2, 0.25) is 5.95 Å². The highest BCUT2D eigenvalue weighted by Gasteiger charge is 2.26. The molecule has 0 N–H and O–H groups in total. The van der Waals surface area contributed by atoms with Crippen LogP contribution >= 0.6 is 0 Å². The smallest absolute Gasteiger partial charge is 0.237 e. The second kappa shape index (κ2) is 12.4. The summed E-state index contributed by atoms with van der Waals surface area (Å²) in [7, 11) is 0. The van der Waals surface area contributed by atoms with Crippen molar-refractivity contribution in [2.24, 2.45) is 0 Å². The van der Waals surface area contributed by atoms with Crippen molar-refractivity contribution in [1.29, 1.82) is 0 Å². The van der Waals surface area contributed by atoms with Crippen molar-refractivity contribution < 1.29 is 0 Å². The van der Waals surface area contributed by atoms with E-state index in [0.29, 0.717) is 5.95 Å². The summed E-state index contributed by atoms with van der Waals surface area (Å²) in [6, 6.07) is 71.1. The molecule has 0 bridgehead atoms. The van der Waals surface area contributed by atoms with Gasteiger partial charge in [0.05, 0.1) is 38.7 Å². The topological polar surface area (TPSA) is 40.6 Å². The van der Waals surface area contributed by atoms with Crippen molar-refractivity contribution in [1.82, 2.24) is 23.7 Å². The average molecular weight is 728 g/mol. The predicted octanol–water partition coefficient (Wildman–Crippen LogP) is 13.1. The van der Waals surface area contributed by atoms with Gasteiger partial charge in [0.25, 0.3) is 0 Å². The number of para-hydroxylation sites is 4. The molecule has 57 heavy (non-hydrogen) atoms. The van der Waals surface area contributed by atoms with Gasteiger partial charge in [0.1, 0.15) is 0 Å². The van der Waals surface area contributed by atoms with E-state index in [1.54, 1.807) is 0 Å². The summed E-state index contributed by atoms with van der Waals surface area (Å²) >= 11 is 0. The number of hydrogen-bond acceptors (Lipinski definition) is 2. The molecule has 12 rings (SSSR count). The lowest BCUT2D eigenvalue weighted by Crippen LogP contribution is -2.06. The van der Waals surface area contributed by atoms with Crippen molar-refractivity contribution in [2.75, 3.05) is 0 Å². The van der Waals surface area contributed by atoms with E-state index >= 15 is 0 Å². The summed E-state index contributed by atoms with van der Waals surface area (Å²) < 4.78 is 7.02. The first kappa shape index (κ1) is 31.6. The summed E-state index contributed by atoms with van der Waals surface area (Å²) in [5, 5.41) is 6.82. The normalized spacial score (nSPS) is 11.9. The van der Waals surface area contributed by atoms with Crippen LogP contribution in [0.2, 0.25) is 0 Å². The van der Waals surface area contributed by atoms with Gasteiger partial charge in [-0.2, -0.15) is 4.98 Å². The van der Waals surface area contributed by atoms with Crippen molar-refractivity contribution in [3.63, 3.8) is 0 Å². The minimum absolute atomic E-state index is 0.619. The Morgan fingerprint density at radius 2 is 0.807 bits per heavy atom. The van der Waals surface area contributed by atoms with Crippen LogP contribution in [0, 0.1) is 0 Å². The zero-order chi connectivity index (χ0) is 37.5. The van der Waals surface area contributed by atoms with E-state index < -0.39 is 0 Å². The molecule has 0 aliphatic rings. The maximum atomic E-state index is 5.69. The van der Waals surface area contributed by atoms with Gasteiger partial charge in [0, 0.05) is 43.9 Å². The summed E-state index contributed by atoms with van der Waals surface area (Å²) in [6.45, 7) is 0. The van der Waals surface area contributed by atoms with Crippen LogP contribution in [0.1, 0.15) is 0 Å². The summed E-state index contributed by atoms with van der Waals surface area (Å²) in [5.41, 5.74) is 12.7. The number of aromatic nitrogens is 5. The van der Waals surface area contributed by atoms with E-state index in [1.165, 1.54) is 16.3 Å². The monoisotopic (exact) mass is 727 g/mol. The van der Waals surface area contributed by atoms with Gasteiger partial charge < -0.3 is 4.57 Å². The van der Waals surface area contributed by atoms with Crippen LogP contribution in [0.25, 0.3) is 105 Å². The molecule has 0 aliphatic heterocycles. The molecule has 5 nitrogen and oxygen atoms in total. The molecule has 0 saturated carbocycles. The van der Waals surface area contributed by atoms with Crippen molar-refractivity contribution >= 4 is 65.5 Å². The lowest BCUT2D eigenvalue weighted by atomic mass is 10.0. The third kappa shape index (κ3) is 4.69.